The summed E-state index contributed by atoms with van der Waals surface area (Å²) in [6.07, 6.45) is 0.219. The summed E-state index contributed by atoms with van der Waals surface area (Å²) in [7, 11) is -2.58. The molecule has 0 radical (unpaired) electrons. The van der Waals surface area contributed by atoms with Crippen molar-refractivity contribution in [2.24, 2.45) is 0 Å². The molecule has 1 heterocycles. The number of benzene rings is 3. The van der Waals surface area contributed by atoms with Crippen molar-refractivity contribution >= 4 is 44.8 Å². The Kier molecular flexibility index (Phi) is 8.64. The molecule has 37 heavy (non-hydrogen) atoms. The molecule has 196 valence electrons. The normalized spacial score (nSPS) is 14.9. The van der Waals surface area contributed by atoms with Crippen molar-refractivity contribution in [2.45, 2.75) is 24.3 Å². The molecule has 1 aliphatic heterocycles. The number of carbonyl (C=O) groups excluding carboxylic acids is 1. The molecule has 3 aromatic rings. The second-order valence-corrected chi connectivity index (χ2v) is 11.5. The molecule has 3 aromatic carbocycles. The minimum atomic E-state index is -4.04. The van der Waals surface area contributed by atoms with Crippen molar-refractivity contribution in [1.82, 2.24) is 9.62 Å². The number of piperazine rings is 1. The van der Waals surface area contributed by atoms with E-state index in [0.29, 0.717) is 37.0 Å². The van der Waals surface area contributed by atoms with E-state index in [4.69, 9.17) is 27.9 Å². The Balaban J connectivity index is 1.53. The maximum Gasteiger partial charge on any atom is 0.241 e. The lowest BCUT2D eigenvalue weighted by molar-refractivity contribution is -0.133. The standard InChI is InChI=1S/C27H29Cl2N3O4S/c1-19-8-9-21(28)17-25(19)31-12-14-32(15-13-31)27(33)24(16-20-6-4-3-5-7-20)30-37(34,35)22-10-11-26(36-2)23(29)18-22/h3-11,17-18,24,30H,12-16H2,1-2H3/t24-/m1/s1. The van der Waals surface area contributed by atoms with Gasteiger partial charge in [0, 0.05) is 36.9 Å². The van der Waals surface area contributed by atoms with E-state index in [2.05, 4.69) is 9.62 Å². The van der Waals surface area contributed by atoms with Crippen LogP contribution in [-0.2, 0) is 21.2 Å². The van der Waals surface area contributed by atoms with Crippen LogP contribution < -0.4 is 14.4 Å². The largest absolute Gasteiger partial charge is 0.495 e. The van der Waals surface area contributed by atoms with Crippen molar-refractivity contribution in [2.75, 3.05) is 38.2 Å². The maximum atomic E-state index is 13.7. The molecule has 4 rings (SSSR count). The average molecular weight is 563 g/mol. The number of aryl methyl sites for hydroxylation is 1. The van der Waals surface area contributed by atoms with Gasteiger partial charge in [0.2, 0.25) is 15.9 Å². The van der Waals surface area contributed by atoms with Crippen LogP contribution in [0.15, 0.2) is 71.6 Å². The van der Waals surface area contributed by atoms with E-state index >= 15 is 0 Å². The predicted molar refractivity (Wildman–Crippen MR) is 147 cm³/mol. The zero-order chi connectivity index (χ0) is 26.6. The first-order valence-electron chi connectivity index (χ1n) is 11.9. The van der Waals surface area contributed by atoms with E-state index in [1.807, 2.05) is 55.5 Å². The molecule has 7 nitrogen and oxygen atoms in total. The summed E-state index contributed by atoms with van der Waals surface area (Å²) in [5.41, 5.74) is 3.00. The third kappa shape index (κ3) is 6.57. The molecule has 1 amide bonds. The topological polar surface area (TPSA) is 78.9 Å². The van der Waals surface area contributed by atoms with Gasteiger partial charge in [0.1, 0.15) is 11.8 Å². The highest BCUT2D eigenvalue weighted by Crippen LogP contribution is 2.28. The summed E-state index contributed by atoms with van der Waals surface area (Å²) < 4.78 is 34.3. The van der Waals surface area contributed by atoms with Gasteiger partial charge in [0.05, 0.1) is 17.0 Å². The third-order valence-corrected chi connectivity index (χ3v) is 8.41. The van der Waals surface area contributed by atoms with Crippen LogP contribution >= 0.6 is 23.2 Å². The number of hydrogen-bond acceptors (Lipinski definition) is 5. The van der Waals surface area contributed by atoms with Gasteiger partial charge in [-0.3, -0.25) is 4.79 Å². The molecule has 0 aromatic heterocycles. The Labute approximate surface area is 228 Å². The number of nitrogens with zero attached hydrogens (tertiary/aromatic N) is 2. The number of rotatable bonds is 8. The number of amides is 1. The first-order chi connectivity index (χ1) is 17.7. The number of methoxy groups -OCH3 is 1. The third-order valence-electron chi connectivity index (χ3n) is 6.41. The summed E-state index contributed by atoms with van der Waals surface area (Å²) in [5.74, 6) is 0.0971. The van der Waals surface area contributed by atoms with Gasteiger partial charge in [-0.25, -0.2) is 8.42 Å². The lowest BCUT2D eigenvalue weighted by atomic mass is 10.1. The number of hydrogen-bond donors (Lipinski definition) is 1. The highest BCUT2D eigenvalue weighted by atomic mass is 35.5. The number of halogens is 2. The summed E-state index contributed by atoms with van der Waals surface area (Å²) in [4.78, 5) is 17.5. The molecule has 0 aliphatic carbocycles. The molecule has 0 saturated carbocycles. The van der Waals surface area contributed by atoms with E-state index < -0.39 is 16.1 Å². The number of carbonyl (C=O) groups is 1. The first-order valence-corrected chi connectivity index (χ1v) is 14.1. The molecule has 1 atom stereocenters. The van der Waals surface area contributed by atoms with Crippen molar-refractivity contribution in [3.63, 3.8) is 0 Å². The van der Waals surface area contributed by atoms with Gasteiger partial charge in [-0.15, -0.1) is 0 Å². The molecule has 10 heteroatoms. The summed E-state index contributed by atoms with van der Waals surface area (Å²) >= 11 is 12.4. The van der Waals surface area contributed by atoms with E-state index in [1.54, 1.807) is 4.90 Å². The van der Waals surface area contributed by atoms with Crippen molar-refractivity contribution in [1.29, 1.82) is 0 Å². The molecular weight excluding hydrogens is 533 g/mol. The zero-order valence-electron chi connectivity index (χ0n) is 20.7. The number of anilines is 1. The predicted octanol–water partition coefficient (Wildman–Crippen LogP) is 4.55. The molecular formula is C27H29Cl2N3O4S. The summed E-state index contributed by atoms with van der Waals surface area (Å²) in [5, 5.41) is 0.832. The fourth-order valence-corrected chi connectivity index (χ4v) is 6.11. The fourth-order valence-electron chi connectivity index (χ4n) is 4.41. The first kappa shape index (κ1) is 27.3. The van der Waals surface area contributed by atoms with Crippen LogP contribution in [0.5, 0.6) is 5.75 Å². The fraction of sp³-hybridized carbons (Fsp3) is 0.296. The number of ether oxygens (including phenoxy) is 1. The summed E-state index contributed by atoms with van der Waals surface area (Å²) in [6, 6.07) is 18.3. The Hall–Kier alpha value is -2.78. The molecule has 1 N–H and O–H groups in total. The molecule has 0 unspecified atom stereocenters. The minimum Gasteiger partial charge on any atom is -0.495 e. The van der Waals surface area contributed by atoms with Gasteiger partial charge < -0.3 is 14.5 Å². The van der Waals surface area contributed by atoms with Crippen LogP contribution in [0.1, 0.15) is 11.1 Å². The lowest BCUT2D eigenvalue weighted by Crippen LogP contribution is -2.55. The van der Waals surface area contributed by atoms with Crippen molar-refractivity contribution in [3.8, 4) is 5.75 Å². The second kappa shape index (κ2) is 11.7. The Bertz CT molecular complexity index is 1360. The Morgan fingerprint density at radius 2 is 1.70 bits per heavy atom. The quantitative estimate of drug-likeness (QED) is 0.436. The number of sulfonamides is 1. The minimum absolute atomic E-state index is 0.0367. The molecule has 0 spiro atoms. The highest BCUT2D eigenvalue weighted by Gasteiger charge is 2.32. The second-order valence-electron chi connectivity index (χ2n) is 8.90. The van der Waals surface area contributed by atoms with Crippen LogP contribution in [-0.4, -0.2) is 58.6 Å². The highest BCUT2D eigenvalue weighted by molar-refractivity contribution is 7.89. The summed E-state index contributed by atoms with van der Waals surface area (Å²) in [6.45, 7) is 4.19. The van der Waals surface area contributed by atoms with E-state index in [0.717, 1.165) is 16.8 Å². The van der Waals surface area contributed by atoms with Gasteiger partial charge in [-0.1, -0.05) is 59.6 Å². The lowest BCUT2D eigenvalue weighted by Gasteiger charge is -2.38. The molecule has 1 aliphatic rings. The van der Waals surface area contributed by atoms with Crippen LogP contribution in [0.2, 0.25) is 10.0 Å². The van der Waals surface area contributed by atoms with Crippen molar-refractivity contribution in [3.05, 3.63) is 87.9 Å². The molecule has 1 fully saturated rings. The average Bonchev–Trinajstić information content (AvgIpc) is 2.90. The van der Waals surface area contributed by atoms with Crippen LogP contribution in [0.25, 0.3) is 0 Å². The Morgan fingerprint density at radius 1 is 1.00 bits per heavy atom. The van der Waals surface area contributed by atoms with Crippen molar-refractivity contribution < 1.29 is 17.9 Å². The molecule has 0 bridgehead atoms. The van der Waals surface area contributed by atoms with Gasteiger partial charge in [-0.2, -0.15) is 4.72 Å². The monoisotopic (exact) mass is 561 g/mol. The maximum absolute atomic E-state index is 13.7. The van der Waals surface area contributed by atoms with Gasteiger partial charge in [0.25, 0.3) is 0 Å². The van der Waals surface area contributed by atoms with Crippen LogP contribution in [0.4, 0.5) is 5.69 Å². The SMILES string of the molecule is COc1ccc(S(=O)(=O)N[C@H](Cc2ccccc2)C(=O)N2CCN(c3cc(Cl)ccc3C)CC2)cc1Cl. The number of nitrogens with one attached hydrogen (secondary N) is 1. The van der Waals surface area contributed by atoms with E-state index in [-0.39, 0.29) is 22.2 Å². The van der Waals surface area contributed by atoms with Crippen LogP contribution in [0, 0.1) is 6.92 Å². The molecule has 1 saturated heterocycles. The Morgan fingerprint density at radius 3 is 2.35 bits per heavy atom. The van der Waals surface area contributed by atoms with Gasteiger partial charge in [-0.05, 0) is 54.8 Å². The van der Waals surface area contributed by atoms with E-state index in [9.17, 15) is 13.2 Å². The van der Waals surface area contributed by atoms with Gasteiger partial charge >= 0.3 is 0 Å². The van der Waals surface area contributed by atoms with E-state index in [1.165, 1.54) is 25.3 Å². The smallest absolute Gasteiger partial charge is 0.241 e. The van der Waals surface area contributed by atoms with Gasteiger partial charge in [0.15, 0.2) is 0 Å². The van der Waals surface area contributed by atoms with Crippen LogP contribution in [0.3, 0.4) is 0 Å². The zero-order valence-corrected chi connectivity index (χ0v) is 23.0.